The summed E-state index contributed by atoms with van der Waals surface area (Å²) in [5.41, 5.74) is 0.575. The number of carbonyl (C=O) groups excluding carboxylic acids is 1. The van der Waals surface area contributed by atoms with Gasteiger partial charge in [0.25, 0.3) is 5.91 Å². The smallest absolute Gasteiger partial charge is 0.301 e. The topological polar surface area (TPSA) is 55.1 Å². The highest BCUT2D eigenvalue weighted by molar-refractivity contribution is 6.03. The molecule has 70 valence electrons. The first-order valence-corrected chi connectivity index (χ1v) is 4.12. The molecule has 1 N–H and O–H groups in total. The summed E-state index contributed by atoms with van der Waals surface area (Å²) in [5.74, 6) is -0.229. The van der Waals surface area contributed by atoms with Gasteiger partial charge in [0.2, 0.25) is 0 Å². The van der Waals surface area contributed by atoms with E-state index in [-0.39, 0.29) is 11.9 Å². The monoisotopic (exact) mass is 188 g/mol. The van der Waals surface area contributed by atoms with Crippen molar-refractivity contribution in [2.45, 2.75) is 0 Å². The second kappa shape index (κ2) is 3.74. The Morgan fingerprint density at radius 2 is 2.07 bits per heavy atom. The maximum absolute atomic E-state index is 11.5. The average Bonchev–Trinajstić information content (AvgIpc) is 2.72. The van der Waals surface area contributed by atoms with Gasteiger partial charge in [-0.15, -0.1) is 0 Å². The maximum atomic E-state index is 11.5. The molecule has 1 amide bonds. The molecule has 0 aliphatic rings. The Kier molecular flexibility index (Phi) is 2.27. The normalized spacial score (nSPS) is 9.71. The van der Waals surface area contributed by atoms with E-state index < -0.39 is 0 Å². The Balaban J connectivity index is 2.11. The molecule has 2 aromatic rings. The van der Waals surface area contributed by atoms with E-state index in [4.69, 9.17) is 4.42 Å². The van der Waals surface area contributed by atoms with E-state index in [1.807, 2.05) is 6.07 Å². The highest BCUT2D eigenvalue weighted by atomic mass is 16.4. The van der Waals surface area contributed by atoms with Crippen LogP contribution in [0.25, 0.3) is 0 Å². The van der Waals surface area contributed by atoms with Gasteiger partial charge in [-0.25, -0.2) is 4.98 Å². The van der Waals surface area contributed by atoms with Gasteiger partial charge in [-0.3, -0.25) is 10.1 Å². The molecular weight excluding hydrogens is 180 g/mol. The molecule has 1 heterocycles. The molecule has 0 saturated carbocycles. The third kappa shape index (κ3) is 1.80. The van der Waals surface area contributed by atoms with E-state index in [0.717, 1.165) is 0 Å². The van der Waals surface area contributed by atoms with Crippen LogP contribution in [0.4, 0.5) is 6.01 Å². The lowest BCUT2D eigenvalue weighted by atomic mass is 10.2. The summed E-state index contributed by atoms with van der Waals surface area (Å²) in [6.07, 6.45) is 2.88. The summed E-state index contributed by atoms with van der Waals surface area (Å²) in [6, 6.07) is 9.09. The van der Waals surface area contributed by atoms with Crippen molar-refractivity contribution in [2.24, 2.45) is 0 Å². The lowest BCUT2D eigenvalue weighted by Crippen LogP contribution is -2.11. The van der Waals surface area contributed by atoms with Crippen LogP contribution in [-0.4, -0.2) is 10.9 Å². The highest BCUT2D eigenvalue weighted by Crippen LogP contribution is 2.05. The standard InChI is InChI=1S/C10H8N2O2/c13-9(8-4-2-1-3-5-8)12-10-11-6-7-14-10/h1-7H,(H,11,12,13). The molecule has 0 bridgehead atoms. The van der Waals surface area contributed by atoms with Gasteiger partial charge in [0.05, 0.1) is 6.20 Å². The van der Waals surface area contributed by atoms with Crippen LogP contribution < -0.4 is 5.32 Å². The van der Waals surface area contributed by atoms with Crippen LogP contribution in [0.3, 0.4) is 0 Å². The van der Waals surface area contributed by atoms with Crippen molar-refractivity contribution in [1.29, 1.82) is 0 Å². The predicted octanol–water partition coefficient (Wildman–Crippen LogP) is 1.93. The number of oxazole rings is 1. The van der Waals surface area contributed by atoms with Crippen LogP contribution in [0.5, 0.6) is 0 Å². The number of rotatable bonds is 2. The number of carbonyl (C=O) groups is 1. The first-order chi connectivity index (χ1) is 6.86. The van der Waals surface area contributed by atoms with E-state index in [9.17, 15) is 4.79 Å². The number of nitrogens with zero attached hydrogens (tertiary/aromatic N) is 1. The van der Waals surface area contributed by atoms with Crippen molar-refractivity contribution in [2.75, 3.05) is 5.32 Å². The first-order valence-electron chi connectivity index (χ1n) is 4.12. The number of benzene rings is 1. The lowest BCUT2D eigenvalue weighted by molar-refractivity contribution is 0.102. The van der Waals surface area contributed by atoms with Gasteiger partial charge < -0.3 is 4.42 Å². The largest absolute Gasteiger partial charge is 0.432 e. The lowest BCUT2D eigenvalue weighted by Gasteiger charge is -1.99. The molecular formula is C10H8N2O2. The fourth-order valence-corrected chi connectivity index (χ4v) is 1.04. The molecule has 2 rings (SSSR count). The van der Waals surface area contributed by atoms with Gasteiger partial charge in [-0.05, 0) is 12.1 Å². The van der Waals surface area contributed by atoms with E-state index in [2.05, 4.69) is 10.3 Å². The molecule has 1 aromatic heterocycles. The molecule has 0 aliphatic heterocycles. The molecule has 14 heavy (non-hydrogen) atoms. The van der Waals surface area contributed by atoms with E-state index in [1.165, 1.54) is 12.5 Å². The van der Waals surface area contributed by atoms with Crippen LogP contribution in [0.2, 0.25) is 0 Å². The number of hydrogen-bond acceptors (Lipinski definition) is 3. The van der Waals surface area contributed by atoms with Crippen molar-refractivity contribution in [3.05, 3.63) is 48.4 Å². The Morgan fingerprint density at radius 1 is 1.29 bits per heavy atom. The van der Waals surface area contributed by atoms with E-state index in [1.54, 1.807) is 24.3 Å². The average molecular weight is 188 g/mol. The van der Waals surface area contributed by atoms with E-state index >= 15 is 0 Å². The minimum Gasteiger partial charge on any atom is -0.432 e. The second-order valence-electron chi connectivity index (χ2n) is 2.66. The summed E-state index contributed by atoms with van der Waals surface area (Å²) in [6.45, 7) is 0. The summed E-state index contributed by atoms with van der Waals surface area (Å²) < 4.78 is 4.88. The molecule has 1 aromatic carbocycles. The predicted molar refractivity (Wildman–Crippen MR) is 50.9 cm³/mol. The minimum atomic E-state index is -0.229. The summed E-state index contributed by atoms with van der Waals surface area (Å²) in [7, 11) is 0. The third-order valence-corrected chi connectivity index (χ3v) is 1.69. The number of amides is 1. The highest BCUT2D eigenvalue weighted by Gasteiger charge is 2.06. The summed E-state index contributed by atoms with van der Waals surface area (Å²) in [5, 5.41) is 2.52. The molecule has 0 aliphatic carbocycles. The van der Waals surface area contributed by atoms with Crippen molar-refractivity contribution in [3.63, 3.8) is 0 Å². The number of hydrogen-bond donors (Lipinski definition) is 1. The molecule has 0 radical (unpaired) electrons. The van der Waals surface area contributed by atoms with Crippen LogP contribution in [0.15, 0.2) is 47.2 Å². The molecule has 0 fully saturated rings. The van der Waals surface area contributed by atoms with Gasteiger partial charge in [0, 0.05) is 5.56 Å². The zero-order chi connectivity index (χ0) is 9.80. The van der Waals surface area contributed by atoms with Gasteiger partial charge in [-0.2, -0.15) is 0 Å². The SMILES string of the molecule is O=C(Nc1ncco1)c1ccccc1. The molecule has 0 unspecified atom stereocenters. The summed E-state index contributed by atoms with van der Waals surface area (Å²) >= 11 is 0. The third-order valence-electron chi connectivity index (χ3n) is 1.69. The molecule has 4 heteroatoms. The van der Waals surface area contributed by atoms with Gasteiger partial charge >= 0.3 is 6.01 Å². The van der Waals surface area contributed by atoms with Crippen LogP contribution in [0.1, 0.15) is 10.4 Å². The number of nitrogens with one attached hydrogen (secondary N) is 1. The number of aromatic nitrogens is 1. The summed E-state index contributed by atoms with van der Waals surface area (Å²) in [4.78, 5) is 15.3. The van der Waals surface area contributed by atoms with Crippen molar-refractivity contribution < 1.29 is 9.21 Å². The van der Waals surface area contributed by atoms with Crippen LogP contribution in [0, 0.1) is 0 Å². The van der Waals surface area contributed by atoms with Crippen molar-refractivity contribution >= 4 is 11.9 Å². The zero-order valence-electron chi connectivity index (χ0n) is 7.31. The van der Waals surface area contributed by atoms with E-state index in [0.29, 0.717) is 5.56 Å². The van der Waals surface area contributed by atoms with Crippen molar-refractivity contribution in [3.8, 4) is 0 Å². The maximum Gasteiger partial charge on any atom is 0.301 e. The molecule has 0 spiro atoms. The Morgan fingerprint density at radius 3 is 2.71 bits per heavy atom. The first kappa shape index (κ1) is 8.50. The Hall–Kier alpha value is -2.10. The van der Waals surface area contributed by atoms with Gasteiger partial charge in [0.15, 0.2) is 0 Å². The van der Waals surface area contributed by atoms with Crippen LogP contribution >= 0.6 is 0 Å². The van der Waals surface area contributed by atoms with Gasteiger partial charge in [-0.1, -0.05) is 18.2 Å². The quantitative estimate of drug-likeness (QED) is 0.783. The zero-order valence-corrected chi connectivity index (χ0v) is 7.31. The van der Waals surface area contributed by atoms with Crippen molar-refractivity contribution in [1.82, 2.24) is 4.98 Å². The Bertz CT molecular complexity index is 409. The second-order valence-corrected chi connectivity index (χ2v) is 2.66. The Labute approximate surface area is 80.6 Å². The van der Waals surface area contributed by atoms with Crippen LogP contribution in [-0.2, 0) is 0 Å². The van der Waals surface area contributed by atoms with Gasteiger partial charge in [0.1, 0.15) is 6.26 Å². The fourth-order valence-electron chi connectivity index (χ4n) is 1.04. The fraction of sp³-hybridized carbons (Fsp3) is 0. The number of anilines is 1. The molecule has 4 nitrogen and oxygen atoms in total. The molecule has 0 saturated heterocycles. The minimum absolute atomic E-state index is 0.207. The molecule has 0 atom stereocenters.